The minimum atomic E-state index is 0.340. The van der Waals surface area contributed by atoms with Crippen LogP contribution in [-0.4, -0.2) is 10.2 Å². The molecule has 3 rings (SSSR count). The van der Waals surface area contributed by atoms with Crippen LogP contribution in [0.25, 0.3) is 11.5 Å². The molecule has 1 aromatic heterocycles. The molecular weight excluding hydrogens is 298 g/mol. The molecule has 1 heterocycles. The van der Waals surface area contributed by atoms with Gasteiger partial charge in [-0.25, -0.2) is 0 Å². The first-order valence-electron chi connectivity index (χ1n) is 7.19. The Labute approximate surface area is 134 Å². The SMILES string of the molecule is C[C@@H]([NH2+]Cc1nnc(-c2ccc(Cl)cc2)o1)c1ccccc1. The molecule has 0 bridgehead atoms. The van der Waals surface area contributed by atoms with E-state index in [2.05, 4.69) is 34.6 Å². The van der Waals surface area contributed by atoms with Crippen molar-refractivity contribution in [2.45, 2.75) is 19.5 Å². The second kappa shape index (κ2) is 6.73. The zero-order valence-corrected chi connectivity index (χ0v) is 13.0. The van der Waals surface area contributed by atoms with E-state index in [1.165, 1.54) is 5.56 Å². The third-order valence-electron chi connectivity index (χ3n) is 3.53. The van der Waals surface area contributed by atoms with E-state index in [1.807, 2.05) is 42.5 Å². The molecule has 0 aliphatic heterocycles. The highest BCUT2D eigenvalue weighted by Crippen LogP contribution is 2.20. The normalized spacial score (nSPS) is 12.3. The van der Waals surface area contributed by atoms with Crippen LogP contribution in [0, 0.1) is 0 Å². The maximum Gasteiger partial charge on any atom is 0.271 e. The first-order valence-corrected chi connectivity index (χ1v) is 7.57. The molecule has 0 saturated heterocycles. The number of quaternary nitrogens is 1. The van der Waals surface area contributed by atoms with Crippen molar-refractivity contribution in [2.75, 3.05) is 0 Å². The second-order valence-electron chi connectivity index (χ2n) is 5.15. The first kappa shape index (κ1) is 14.8. The van der Waals surface area contributed by atoms with E-state index in [9.17, 15) is 0 Å². The number of hydrogen-bond acceptors (Lipinski definition) is 3. The molecule has 0 fully saturated rings. The summed E-state index contributed by atoms with van der Waals surface area (Å²) in [5.74, 6) is 1.14. The molecule has 0 spiro atoms. The fraction of sp³-hybridized carbons (Fsp3) is 0.176. The Morgan fingerprint density at radius 3 is 2.50 bits per heavy atom. The van der Waals surface area contributed by atoms with Gasteiger partial charge in [0.05, 0.1) is 0 Å². The molecule has 2 aromatic carbocycles. The maximum atomic E-state index is 5.88. The van der Waals surface area contributed by atoms with Gasteiger partial charge < -0.3 is 9.73 Å². The van der Waals surface area contributed by atoms with Crippen molar-refractivity contribution >= 4 is 11.6 Å². The summed E-state index contributed by atoms with van der Waals surface area (Å²) in [7, 11) is 0. The van der Waals surface area contributed by atoms with Gasteiger partial charge in [-0.05, 0) is 31.2 Å². The summed E-state index contributed by atoms with van der Waals surface area (Å²) >= 11 is 5.88. The Kier molecular flexibility index (Phi) is 4.51. The van der Waals surface area contributed by atoms with Gasteiger partial charge in [-0.2, -0.15) is 0 Å². The van der Waals surface area contributed by atoms with Gasteiger partial charge in [0.1, 0.15) is 6.04 Å². The standard InChI is InChI=1S/C17H16ClN3O/c1-12(13-5-3-2-4-6-13)19-11-16-20-21-17(22-16)14-7-9-15(18)10-8-14/h2-10,12,19H,11H2,1H3/p+1/t12-/m1/s1. The minimum absolute atomic E-state index is 0.340. The predicted octanol–water partition coefficient (Wildman–Crippen LogP) is 3.21. The zero-order chi connectivity index (χ0) is 15.4. The van der Waals surface area contributed by atoms with Crippen molar-refractivity contribution in [1.82, 2.24) is 10.2 Å². The summed E-state index contributed by atoms with van der Waals surface area (Å²) in [6.07, 6.45) is 0. The molecule has 22 heavy (non-hydrogen) atoms. The molecule has 0 radical (unpaired) electrons. The highest BCUT2D eigenvalue weighted by Gasteiger charge is 2.13. The third kappa shape index (κ3) is 3.53. The number of rotatable bonds is 5. The van der Waals surface area contributed by atoms with Crippen molar-refractivity contribution in [2.24, 2.45) is 0 Å². The van der Waals surface area contributed by atoms with E-state index in [0.717, 1.165) is 5.56 Å². The summed E-state index contributed by atoms with van der Waals surface area (Å²) in [5.41, 5.74) is 2.15. The molecule has 112 valence electrons. The van der Waals surface area contributed by atoms with Crippen LogP contribution in [0.3, 0.4) is 0 Å². The third-order valence-corrected chi connectivity index (χ3v) is 3.78. The fourth-order valence-corrected chi connectivity index (χ4v) is 2.34. The number of benzene rings is 2. The molecule has 5 heteroatoms. The summed E-state index contributed by atoms with van der Waals surface area (Å²) in [5, 5.41) is 11.1. The highest BCUT2D eigenvalue weighted by molar-refractivity contribution is 6.30. The minimum Gasteiger partial charge on any atom is -0.415 e. The van der Waals surface area contributed by atoms with Crippen LogP contribution < -0.4 is 5.32 Å². The Balaban J connectivity index is 1.63. The van der Waals surface area contributed by atoms with Gasteiger partial charge in [-0.1, -0.05) is 41.9 Å². The van der Waals surface area contributed by atoms with Crippen LogP contribution in [-0.2, 0) is 6.54 Å². The van der Waals surface area contributed by atoms with Gasteiger partial charge in [-0.15, -0.1) is 10.2 Å². The number of hydrogen-bond donors (Lipinski definition) is 1. The van der Waals surface area contributed by atoms with Crippen molar-refractivity contribution in [3.63, 3.8) is 0 Å². The maximum absolute atomic E-state index is 5.88. The van der Waals surface area contributed by atoms with E-state index >= 15 is 0 Å². The van der Waals surface area contributed by atoms with Crippen LogP contribution in [0.1, 0.15) is 24.4 Å². The van der Waals surface area contributed by atoms with Crippen LogP contribution in [0.15, 0.2) is 59.0 Å². The number of nitrogens with zero attached hydrogens (tertiary/aromatic N) is 2. The van der Waals surface area contributed by atoms with Crippen LogP contribution in [0.2, 0.25) is 5.02 Å². The van der Waals surface area contributed by atoms with E-state index < -0.39 is 0 Å². The van der Waals surface area contributed by atoms with Crippen molar-refractivity contribution in [3.8, 4) is 11.5 Å². The summed E-state index contributed by atoms with van der Waals surface area (Å²) in [6.45, 7) is 2.81. The zero-order valence-electron chi connectivity index (χ0n) is 12.2. The molecule has 0 aliphatic rings. The van der Waals surface area contributed by atoms with Gasteiger partial charge in [0, 0.05) is 16.1 Å². The van der Waals surface area contributed by atoms with E-state index in [0.29, 0.717) is 29.4 Å². The van der Waals surface area contributed by atoms with Crippen LogP contribution >= 0.6 is 11.6 Å². The first-order chi connectivity index (χ1) is 10.7. The molecule has 4 nitrogen and oxygen atoms in total. The van der Waals surface area contributed by atoms with Gasteiger partial charge in [0.25, 0.3) is 5.89 Å². The summed E-state index contributed by atoms with van der Waals surface area (Å²) in [4.78, 5) is 0. The molecule has 2 N–H and O–H groups in total. The van der Waals surface area contributed by atoms with E-state index in [1.54, 1.807) is 0 Å². The summed E-state index contributed by atoms with van der Waals surface area (Å²) in [6, 6.07) is 18.1. The van der Waals surface area contributed by atoms with Gasteiger partial charge in [0.15, 0.2) is 6.54 Å². The number of aromatic nitrogens is 2. The lowest BCUT2D eigenvalue weighted by atomic mass is 10.1. The molecular formula is C17H17ClN3O+. The quantitative estimate of drug-likeness (QED) is 0.786. The molecule has 0 unspecified atom stereocenters. The monoisotopic (exact) mass is 314 g/mol. The van der Waals surface area contributed by atoms with E-state index in [4.69, 9.17) is 16.0 Å². The van der Waals surface area contributed by atoms with Crippen molar-refractivity contribution < 1.29 is 9.73 Å². The van der Waals surface area contributed by atoms with Crippen molar-refractivity contribution in [1.29, 1.82) is 0 Å². The Morgan fingerprint density at radius 1 is 1.05 bits per heavy atom. The van der Waals surface area contributed by atoms with Gasteiger partial charge >= 0.3 is 0 Å². The molecule has 0 aliphatic carbocycles. The number of nitrogens with two attached hydrogens (primary N) is 1. The smallest absolute Gasteiger partial charge is 0.271 e. The van der Waals surface area contributed by atoms with E-state index in [-0.39, 0.29) is 0 Å². The lowest BCUT2D eigenvalue weighted by Gasteiger charge is -2.08. The number of halogens is 1. The predicted molar refractivity (Wildman–Crippen MR) is 85.2 cm³/mol. The van der Waals surface area contributed by atoms with Crippen molar-refractivity contribution in [3.05, 3.63) is 71.1 Å². The van der Waals surface area contributed by atoms with Crippen LogP contribution in [0.5, 0.6) is 0 Å². The second-order valence-corrected chi connectivity index (χ2v) is 5.58. The van der Waals surface area contributed by atoms with Gasteiger partial charge in [-0.3, -0.25) is 0 Å². The van der Waals surface area contributed by atoms with Gasteiger partial charge in [0.2, 0.25) is 5.89 Å². The molecule has 0 saturated carbocycles. The fourth-order valence-electron chi connectivity index (χ4n) is 2.22. The Morgan fingerprint density at radius 2 is 1.77 bits per heavy atom. The summed E-state index contributed by atoms with van der Waals surface area (Å²) < 4.78 is 5.70. The van der Waals surface area contributed by atoms with Crippen LogP contribution in [0.4, 0.5) is 0 Å². The lowest BCUT2D eigenvalue weighted by molar-refractivity contribution is -0.709. The molecule has 3 aromatic rings. The highest BCUT2D eigenvalue weighted by atomic mass is 35.5. The molecule has 1 atom stereocenters. The molecule has 0 amide bonds. The lowest BCUT2D eigenvalue weighted by Crippen LogP contribution is -2.83. The Hall–Kier alpha value is -2.17. The topological polar surface area (TPSA) is 55.5 Å². The average molecular weight is 315 g/mol. The Bertz CT molecular complexity index is 725. The largest absolute Gasteiger partial charge is 0.415 e. The average Bonchev–Trinajstić information content (AvgIpc) is 3.03.